The van der Waals surface area contributed by atoms with Crippen molar-refractivity contribution in [2.45, 2.75) is 39.0 Å². The Hall–Kier alpha value is -1.00. The molecule has 106 valence electrons. The van der Waals surface area contributed by atoms with E-state index in [1.165, 1.54) is 0 Å². The van der Waals surface area contributed by atoms with Gasteiger partial charge in [-0.2, -0.15) is 0 Å². The van der Waals surface area contributed by atoms with Gasteiger partial charge in [0.25, 0.3) is 0 Å². The fourth-order valence-corrected chi connectivity index (χ4v) is 2.76. The first-order valence-corrected chi connectivity index (χ1v) is 7.16. The number of aryl methyl sites for hydroxylation is 1. The van der Waals surface area contributed by atoms with Crippen molar-refractivity contribution in [2.75, 3.05) is 26.7 Å². The van der Waals surface area contributed by atoms with E-state index in [0.29, 0.717) is 11.8 Å². The zero-order valence-corrected chi connectivity index (χ0v) is 12.4. The van der Waals surface area contributed by atoms with Gasteiger partial charge in [-0.1, -0.05) is 13.8 Å². The van der Waals surface area contributed by atoms with Gasteiger partial charge in [-0.25, -0.2) is 9.97 Å². The summed E-state index contributed by atoms with van der Waals surface area (Å²) in [6.45, 7) is 8.55. The molecule has 1 aliphatic rings. The van der Waals surface area contributed by atoms with Crippen LogP contribution >= 0.6 is 0 Å². The first-order valence-electron chi connectivity index (χ1n) is 7.16. The van der Waals surface area contributed by atoms with Crippen LogP contribution in [0.2, 0.25) is 0 Å². The zero-order chi connectivity index (χ0) is 14.0. The Balaban J connectivity index is 2.28. The lowest BCUT2D eigenvalue weighted by atomic mass is 9.95. The Morgan fingerprint density at radius 3 is 2.68 bits per heavy atom. The van der Waals surface area contributed by atoms with E-state index in [1.54, 1.807) is 0 Å². The molecule has 0 radical (unpaired) electrons. The van der Waals surface area contributed by atoms with E-state index in [2.05, 4.69) is 36.8 Å². The molecule has 1 fully saturated rings. The predicted molar refractivity (Wildman–Crippen MR) is 76.3 cm³/mol. The minimum absolute atomic E-state index is 0.0396. The van der Waals surface area contributed by atoms with E-state index < -0.39 is 0 Å². The molecule has 2 unspecified atom stereocenters. The van der Waals surface area contributed by atoms with E-state index in [-0.39, 0.29) is 12.5 Å². The van der Waals surface area contributed by atoms with E-state index in [9.17, 15) is 5.11 Å². The molecule has 1 aromatic heterocycles. The highest BCUT2D eigenvalue weighted by molar-refractivity contribution is 5.18. The van der Waals surface area contributed by atoms with Crippen molar-refractivity contribution in [2.24, 2.45) is 5.92 Å². The van der Waals surface area contributed by atoms with Gasteiger partial charge < -0.3 is 10.0 Å². The number of aliphatic hydroxyl groups excluding tert-OH is 1. The largest absolute Gasteiger partial charge is 0.396 e. The summed E-state index contributed by atoms with van der Waals surface area (Å²) < 4.78 is 0. The Kier molecular flexibility index (Phi) is 4.53. The van der Waals surface area contributed by atoms with Crippen LogP contribution in [0.25, 0.3) is 0 Å². The fraction of sp³-hybridized carbons (Fsp3) is 0.733. The fourth-order valence-electron chi connectivity index (χ4n) is 2.76. The van der Waals surface area contributed by atoms with Gasteiger partial charge in [0.2, 0.25) is 0 Å². The monoisotopic (exact) mass is 263 g/mol. The highest BCUT2D eigenvalue weighted by Crippen LogP contribution is 2.27. The predicted octanol–water partition coefficient (Wildman–Crippen LogP) is 1.94. The minimum Gasteiger partial charge on any atom is -0.396 e. The Labute approximate surface area is 115 Å². The van der Waals surface area contributed by atoms with Crippen LogP contribution < -0.4 is 0 Å². The van der Waals surface area contributed by atoms with Gasteiger partial charge in [0.1, 0.15) is 5.82 Å². The third-order valence-electron chi connectivity index (χ3n) is 4.03. The third-order valence-corrected chi connectivity index (χ3v) is 4.03. The topological polar surface area (TPSA) is 49.2 Å². The molecule has 1 N–H and O–H groups in total. The highest BCUT2D eigenvalue weighted by atomic mass is 16.3. The van der Waals surface area contributed by atoms with Crippen LogP contribution in [0.3, 0.4) is 0 Å². The van der Waals surface area contributed by atoms with Crippen molar-refractivity contribution in [3.05, 3.63) is 23.3 Å². The molecule has 0 saturated carbocycles. The number of likely N-dealkylation sites (tertiary alicyclic amines) is 1. The molecule has 0 amide bonds. The number of aromatic nitrogens is 2. The van der Waals surface area contributed by atoms with E-state index >= 15 is 0 Å². The van der Waals surface area contributed by atoms with Gasteiger partial charge in [-0.15, -0.1) is 0 Å². The molecule has 4 heteroatoms. The normalized spacial score (nSPS) is 22.1. The summed E-state index contributed by atoms with van der Waals surface area (Å²) in [5.74, 6) is 1.71. The third kappa shape index (κ3) is 3.31. The molecule has 0 aromatic carbocycles. The molecule has 1 saturated heterocycles. The molecule has 0 aliphatic carbocycles. The number of hydrogen-bond acceptors (Lipinski definition) is 4. The first kappa shape index (κ1) is 14.4. The van der Waals surface area contributed by atoms with E-state index in [1.807, 2.05) is 6.92 Å². The minimum atomic E-state index is 0.0396. The maximum absolute atomic E-state index is 9.55. The SMILES string of the molecule is Cc1cc(C2CCN(C)C2)nc(C(CO)C(C)C)n1. The van der Waals surface area contributed by atoms with Crippen LogP contribution in [-0.4, -0.2) is 46.7 Å². The van der Waals surface area contributed by atoms with Crippen molar-refractivity contribution in [3.63, 3.8) is 0 Å². The quantitative estimate of drug-likeness (QED) is 0.902. The Morgan fingerprint density at radius 2 is 2.16 bits per heavy atom. The summed E-state index contributed by atoms with van der Waals surface area (Å²) in [5.41, 5.74) is 2.15. The highest BCUT2D eigenvalue weighted by Gasteiger charge is 2.25. The van der Waals surface area contributed by atoms with Gasteiger partial charge in [0.05, 0.1) is 6.61 Å². The Bertz CT molecular complexity index is 433. The lowest BCUT2D eigenvalue weighted by Gasteiger charge is -2.19. The van der Waals surface area contributed by atoms with Crippen LogP contribution in [0.15, 0.2) is 6.07 Å². The van der Waals surface area contributed by atoms with Gasteiger partial charge in [0, 0.05) is 29.8 Å². The van der Waals surface area contributed by atoms with Gasteiger partial charge in [0.15, 0.2) is 0 Å². The van der Waals surface area contributed by atoms with Crippen LogP contribution in [0.4, 0.5) is 0 Å². The molecule has 2 rings (SSSR count). The van der Waals surface area contributed by atoms with Crippen molar-refractivity contribution >= 4 is 0 Å². The second-order valence-electron chi connectivity index (χ2n) is 6.07. The molecule has 1 aromatic rings. The Morgan fingerprint density at radius 1 is 1.42 bits per heavy atom. The second-order valence-corrected chi connectivity index (χ2v) is 6.07. The van der Waals surface area contributed by atoms with Crippen LogP contribution in [0.1, 0.15) is 49.3 Å². The van der Waals surface area contributed by atoms with Crippen molar-refractivity contribution in [3.8, 4) is 0 Å². The summed E-state index contributed by atoms with van der Waals surface area (Å²) >= 11 is 0. The van der Waals surface area contributed by atoms with E-state index in [0.717, 1.165) is 36.7 Å². The molecular formula is C15H25N3O. The maximum Gasteiger partial charge on any atom is 0.134 e. The number of hydrogen-bond donors (Lipinski definition) is 1. The first-order chi connectivity index (χ1) is 9.01. The standard InChI is InChI=1S/C15H25N3O/c1-10(2)13(9-19)15-16-11(3)7-14(17-15)12-5-6-18(4)8-12/h7,10,12-13,19H,5-6,8-9H2,1-4H3. The number of aliphatic hydroxyl groups is 1. The smallest absolute Gasteiger partial charge is 0.134 e. The molecule has 1 aliphatic heterocycles. The number of rotatable bonds is 4. The van der Waals surface area contributed by atoms with Crippen molar-refractivity contribution in [1.29, 1.82) is 0 Å². The average molecular weight is 263 g/mol. The van der Waals surface area contributed by atoms with Crippen molar-refractivity contribution in [1.82, 2.24) is 14.9 Å². The zero-order valence-electron chi connectivity index (χ0n) is 12.4. The summed E-state index contributed by atoms with van der Waals surface area (Å²) in [7, 11) is 2.15. The van der Waals surface area contributed by atoms with Crippen LogP contribution in [0, 0.1) is 12.8 Å². The molecule has 2 heterocycles. The lowest BCUT2D eigenvalue weighted by molar-refractivity contribution is 0.231. The molecule has 0 bridgehead atoms. The molecule has 2 atom stereocenters. The maximum atomic E-state index is 9.55. The summed E-state index contributed by atoms with van der Waals surface area (Å²) in [6, 6.07) is 2.10. The lowest BCUT2D eigenvalue weighted by Crippen LogP contribution is -2.18. The molecule has 4 nitrogen and oxygen atoms in total. The van der Waals surface area contributed by atoms with E-state index in [4.69, 9.17) is 4.98 Å². The van der Waals surface area contributed by atoms with Gasteiger partial charge >= 0.3 is 0 Å². The number of likely N-dealkylation sites (N-methyl/N-ethyl adjacent to an activating group) is 1. The van der Waals surface area contributed by atoms with Gasteiger partial charge in [-0.05, 0) is 38.9 Å². The van der Waals surface area contributed by atoms with Gasteiger partial charge in [-0.3, -0.25) is 0 Å². The van der Waals surface area contributed by atoms with Crippen molar-refractivity contribution < 1.29 is 5.11 Å². The molecular weight excluding hydrogens is 238 g/mol. The average Bonchev–Trinajstić information content (AvgIpc) is 2.75. The summed E-state index contributed by atoms with van der Waals surface area (Å²) in [6.07, 6.45) is 1.16. The second kappa shape index (κ2) is 5.97. The van der Waals surface area contributed by atoms with Crippen LogP contribution in [-0.2, 0) is 0 Å². The van der Waals surface area contributed by atoms with Crippen LogP contribution in [0.5, 0.6) is 0 Å². The molecule has 0 spiro atoms. The summed E-state index contributed by atoms with van der Waals surface area (Å²) in [5, 5.41) is 9.55. The summed E-state index contributed by atoms with van der Waals surface area (Å²) in [4.78, 5) is 11.6. The number of nitrogens with zero attached hydrogens (tertiary/aromatic N) is 3. The molecule has 19 heavy (non-hydrogen) atoms.